The van der Waals surface area contributed by atoms with Crippen LogP contribution in [0.1, 0.15) is 11.3 Å². The molecule has 0 saturated heterocycles. The molecule has 2 heterocycles. The van der Waals surface area contributed by atoms with Gasteiger partial charge in [-0.3, -0.25) is 0 Å². The minimum atomic E-state index is 0.00928. The summed E-state index contributed by atoms with van der Waals surface area (Å²) in [5.41, 5.74) is 3.60. The van der Waals surface area contributed by atoms with Crippen molar-refractivity contribution >= 4 is 16.9 Å². The van der Waals surface area contributed by atoms with E-state index >= 15 is 0 Å². The molecule has 26 heavy (non-hydrogen) atoms. The van der Waals surface area contributed by atoms with Gasteiger partial charge in [0.2, 0.25) is 0 Å². The van der Waals surface area contributed by atoms with Crippen molar-refractivity contribution in [2.45, 2.75) is 19.5 Å². The van der Waals surface area contributed by atoms with Crippen molar-refractivity contribution in [3.63, 3.8) is 0 Å². The number of nitrogens with one attached hydrogen (secondary N) is 1. The molecule has 0 saturated carbocycles. The van der Waals surface area contributed by atoms with Gasteiger partial charge in [-0.1, -0.05) is 30.3 Å². The predicted octanol–water partition coefficient (Wildman–Crippen LogP) is 3.42. The molecule has 0 bridgehead atoms. The summed E-state index contributed by atoms with van der Waals surface area (Å²) < 4.78 is 7.60. The van der Waals surface area contributed by atoms with Crippen molar-refractivity contribution < 1.29 is 9.53 Å². The molecule has 1 aliphatic rings. The second kappa shape index (κ2) is 7.12. The fourth-order valence-electron chi connectivity index (χ4n) is 3.57. The van der Waals surface area contributed by atoms with Gasteiger partial charge in [0.1, 0.15) is 5.75 Å². The topological polar surface area (TPSA) is 46.5 Å². The van der Waals surface area contributed by atoms with Crippen LogP contribution in [-0.4, -0.2) is 35.7 Å². The number of nitrogens with zero attached hydrogens (tertiary/aromatic N) is 2. The molecule has 5 heteroatoms. The van der Waals surface area contributed by atoms with Gasteiger partial charge in [-0.2, -0.15) is 0 Å². The van der Waals surface area contributed by atoms with Gasteiger partial charge in [0.05, 0.1) is 13.7 Å². The molecule has 134 valence electrons. The smallest absolute Gasteiger partial charge is 0.317 e. The molecule has 0 unspecified atom stereocenters. The maximum atomic E-state index is 12.5. The number of rotatable bonds is 4. The Bertz CT molecular complexity index is 918. The van der Waals surface area contributed by atoms with E-state index in [1.165, 1.54) is 11.1 Å². The van der Waals surface area contributed by atoms with Gasteiger partial charge < -0.3 is 19.5 Å². The maximum Gasteiger partial charge on any atom is 0.317 e. The van der Waals surface area contributed by atoms with E-state index in [2.05, 4.69) is 34.1 Å². The number of benzene rings is 2. The Kier molecular flexibility index (Phi) is 4.52. The Hall–Kier alpha value is -2.95. The van der Waals surface area contributed by atoms with E-state index in [-0.39, 0.29) is 6.03 Å². The number of ether oxygens (including phenoxy) is 1. The third kappa shape index (κ3) is 3.25. The number of hydrogen-bond acceptors (Lipinski definition) is 2. The highest BCUT2D eigenvalue weighted by Crippen LogP contribution is 2.27. The summed E-state index contributed by atoms with van der Waals surface area (Å²) in [6.45, 7) is 2.82. The van der Waals surface area contributed by atoms with E-state index in [4.69, 9.17) is 4.74 Å². The zero-order valence-electron chi connectivity index (χ0n) is 14.9. The third-order valence-corrected chi connectivity index (χ3v) is 4.96. The lowest BCUT2D eigenvalue weighted by Crippen LogP contribution is -2.44. The summed E-state index contributed by atoms with van der Waals surface area (Å²) in [7, 11) is 1.68. The van der Waals surface area contributed by atoms with Gasteiger partial charge in [0, 0.05) is 36.2 Å². The number of carbonyl (C=O) groups is 1. The first-order valence-corrected chi connectivity index (χ1v) is 8.97. The molecule has 1 aromatic heterocycles. The van der Waals surface area contributed by atoms with Crippen LogP contribution in [0.25, 0.3) is 10.9 Å². The van der Waals surface area contributed by atoms with Gasteiger partial charge in [0.25, 0.3) is 0 Å². The van der Waals surface area contributed by atoms with Crippen molar-refractivity contribution in [3.8, 4) is 5.75 Å². The zero-order chi connectivity index (χ0) is 17.9. The number of methoxy groups -OCH3 is 1. The van der Waals surface area contributed by atoms with Crippen LogP contribution in [0.4, 0.5) is 4.79 Å². The van der Waals surface area contributed by atoms with Gasteiger partial charge in [0.15, 0.2) is 0 Å². The minimum Gasteiger partial charge on any atom is -0.497 e. The molecule has 1 N–H and O–H groups in total. The van der Waals surface area contributed by atoms with Crippen molar-refractivity contribution in [1.82, 2.24) is 14.8 Å². The van der Waals surface area contributed by atoms with Crippen molar-refractivity contribution in [2.24, 2.45) is 0 Å². The second-order valence-corrected chi connectivity index (χ2v) is 6.60. The Morgan fingerprint density at radius 1 is 1.12 bits per heavy atom. The molecule has 0 spiro atoms. The second-order valence-electron chi connectivity index (χ2n) is 6.60. The molecule has 5 nitrogen and oxygen atoms in total. The first-order chi connectivity index (χ1) is 12.7. The number of carbonyl (C=O) groups excluding carboxylic acids is 1. The fourth-order valence-corrected chi connectivity index (χ4v) is 3.57. The molecule has 2 aromatic carbocycles. The highest BCUT2D eigenvalue weighted by atomic mass is 16.5. The largest absolute Gasteiger partial charge is 0.497 e. The van der Waals surface area contributed by atoms with E-state index in [1.807, 2.05) is 35.2 Å². The summed E-state index contributed by atoms with van der Waals surface area (Å²) in [4.78, 5) is 14.4. The Morgan fingerprint density at radius 2 is 1.96 bits per heavy atom. The van der Waals surface area contributed by atoms with Crippen LogP contribution >= 0.6 is 0 Å². The molecule has 1 aliphatic heterocycles. The summed E-state index contributed by atoms with van der Waals surface area (Å²) in [5.74, 6) is 0.857. The number of urea groups is 1. The van der Waals surface area contributed by atoms with Gasteiger partial charge in [-0.25, -0.2) is 4.79 Å². The fraction of sp³-hybridized carbons (Fsp3) is 0.286. The Balaban J connectivity index is 1.40. The minimum absolute atomic E-state index is 0.00928. The number of aromatic nitrogens is 1. The van der Waals surface area contributed by atoms with E-state index in [9.17, 15) is 4.79 Å². The van der Waals surface area contributed by atoms with Gasteiger partial charge >= 0.3 is 6.03 Å². The van der Waals surface area contributed by atoms with Gasteiger partial charge in [-0.05, 0) is 36.2 Å². The Labute approximate surface area is 153 Å². The quantitative estimate of drug-likeness (QED) is 0.784. The lowest BCUT2D eigenvalue weighted by Gasteiger charge is -2.29. The first kappa shape index (κ1) is 16.5. The SMILES string of the molecule is COc1ccc2c(c1)cc1n2CCN(C(=O)NCCc2ccccc2)C1. The highest BCUT2D eigenvalue weighted by molar-refractivity contribution is 5.83. The lowest BCUT2D eigenvalue weighted by molar-refractivity contribution is 0.184. The van der Waals surface area contributed by atoms with Crippen molar-refractivity contribution in [2.75, 3.05) is 20.2 Å². The first-order valence-electron chi connectivity index (χ1n) is 8.97. The normalized spacial score (nSPS) is 13.5. The molecular weight excluding hydrogens is 326 g/mol. The van der Waals surface area contributed by atoms with Crippen LogP contribution in [0.15, 0.2) is 54.6 Å². The monoisotopic (exact) mass is 349 g/mol. The molecule has 2 amide bonds. The molecule has 0 atom stereocenters. The summed E-state index contributed by atoms with van der Waals surface area (Å²) in [6, 6.07) is 18.5. The number of fused-ring (bicyclic) bond motifs is 3. The number of amides is 2. The van der Waals surface area contributed by atoms with Crippen LogP contribution in [-0.2, 0) is 19.5 Å². The van der Waals surface area contributed by atoms with Crippen molar-refractivity contribution in [3.05, 3.63) is 65.9 Å². The average Bonchev–Trinajstić information content (AvgIpc) is 3.05. The van der Waals surface area contributed by atoms with Crippen LogP contribution in [0, 0.1) is 0 Å². The van der Waals surface area contributed by atoms with Crippen LogP contribution in [0.3, 0.4) is 0 Å². The van der Waals surface area contributed by atoms with Gasteiger partial charge in [-0.15, -0.1) is 0 Å². The van der Waals surface area contributed by atoms with Crippen LogP contribution < -0.4 is 10.1 Å². The lowest BCUT2D eigenvalue weighted by atomic mass is 10.1. The zero-order valence-corrected chi connectivity index (χ0v) is 14.9. The Morgan fingerprint density at radius 3 is 2.77 bits per heavy atom. The third-order valence-electron chi connectivity index (χ3n) is 4.96. The predicted molar refractivity (Wildman–Crippen MR) is 102 cm³/mol. The van der Waals surface area contributed by atoms with E-state index < -0.39 is 0 Å². The van der Waals surface area contributed by atoms with Crippen molar-refractivity contribution in [1.29, 1.82) is 0 Å². The molecule has 4 rings (SSSR count). The molecule has 0 aliphatic carbocycles. The van der Waals surface area contributed by atoms with E-state index in [1.54, 1.807) is 7.11 Å². The summed E-state index contributed by atoms with van der Waals surface area (Å²) in [6.07, 6.45) is 0.848. The molecular formula is C21H23N3O2. The number of hydrogen-bond donors (Lipinski definition) is 1. The molecule has 0 fully saturated rings. The van der Waals surface area contributed by atoms with E-state index in [0.29, 0.717) is 13.1 Å². The van der Waals surface area contributed by atoms with Crippen LogP contribution in [0.5, 0.6) is 5.75 Å². The average molecular weight is 349 g/mol. The maximum absolute atomic E-state index is 12.5. The summed E-state index contributed by atoms with van der Waals surface area (Å²) in [5, 5.41) is 4.20. The molecule has 0 radical (unpaired) electrons. The van der Waals surface area contributed by atoms with E-state index in [0.717, 1.165) is 36.3 Å². The standard InChI is InChI=1S/C21H23N3O2/c1-26-19-7-8-20-17(14-19)13-18-15-23(11-12-24(18)20)21(25)22-10-9-16-5-3-2-4-6-16/h2-8,13-14H,9-12,15H2,1H3,(H,22,25). The summed E-state index contributed by atoms with van der Waals surface area (Å²) >= 11 is 0. The van der Waals surface area contributed by atoms with Crippen LogP contribution in [0.2, 0.25) is 0 Å². The highest BCUT2D eigenvalue weighted by Gasteiger charge is 2.22. The molecule has 3 aromatic rings.